The highest BCUT2D eigenvalue weighted by Crippen LogP contribution is 2.06. The van der Waals surface area contributed by atoms with E-state index in [1.807, 2.05) is 25.3 Å². The molecular formula is C11H14N4O2. The van der Waals surface area contributed by atoms with Crippen LogP contribution in [0.2, 0.25) is 0 Å². The Morgan fingerprint density at radius 3 is 3.12 bits per heavy atom. The number of nitrogens with zero attached hydrogens (tertiary/aromatic N) is 3. The molecule has 90 valence electrons. The van der Waals surface area contributed by atoms with E-state index in [-0.39, 0.29) is 12.5 Å². The van der Waals surface area contributed by atoms with Crippen molar-refractivity contribution < 1.29 is 9.53 Å². The van der Waals surface area contributed by atoms with Gasteiger partial charge >= 0.3 is 5.97 Å². The second-order valence-electron chi connectivity index (χ2n) is 3.60. The Bertz CT molecular complexity index is 535. The SMILES string of the molecule is CCOC(=O)CNc1nc2ccc(C)cn2n1. The first kappa shape index (κ1) is 11.4. The van der Waals surface area contributed by atoms with Crippen molar-refractivity contribution in [1.29, 1.82) is 0 Å². The third-order valence-corrected chi connectivity index (χ3v) is 2.18. The molecule has 0 saturated carbocycles. The Morgan fingerprint density at radius 2 is 2.35 bits per heavy atom. The Morgan fingerprint density at radius 1 is 1.53 bits per heavy atom. The fourth-order valence-electron chi connectivity index (χ4n) is 1.42. The number of hydrogen-bond acceptors (Lipinski definition) is 5. The Kier molecular flexibility index (Phi) is 3.22. The first-order valence-corrected chi connectivity index (χ1v) is 5.41. The summed E-state index contributed by atoms with van der Waals surface area (Å²) in [5.41, 5.74) is 1.83. The number of fused-ring (bicyclic) bond motifs is 1. The van der Waals surface area contributed by atoms with Gasteiger partial charge in [-0.05, 0) is 25.5 Å². The van der Waals surface area contributed by atoms with E-state index in [2.05, 4.69) is 15.4 Å². The summed E-state index contributed by atoms with van der Waals surface area (Å²) in [5, 5.41) is 7.01. The smallest absolute Gasteiger partial charge is 0.325 e. The van der Waals surface area contributed by atoms with E-state index in [0.717, 1.165) is 11.2 Å². The molecule has 2 rings (SSSR count). The predicted molar refractivity (Wildman–Crippen MR) is 62.8 cm³/mol. The highest BCUT2D eigenvalue weighted by atomic mass is 16.5. The Labute approximate surface area is 98.6 Å². The van der Waals surface area contributed by atoms with Crippen LogP contribution >= 0.6 is 0 Å². The van der Waals surface area contributed by atoms with Crippen LogP contribution in [0.4, 0.5) is 5.95 Å². The van der Waals surface area contributed by atoms with Gasteiger partial charge in [0.1, 0.15) is 6.54 Å². The standard InChI is InChI=1S/C11H14N4O2/c1-3-17-10(16)6-12-11-13-9-5-4-8(2)7-15(9)14-11/h4-5,7H,3,6H2,1-2H3,(H,12,14). The first-order chi connectivity index (χ1) is 8.19. The van der Waals surface area contributed by atoms with Crippen molar-refractivity contribution in [3.63, 3.8) is 0 Å². The fraction of sp³-hybridized carbons (Fsp3) is 0.364. The molecule has 0 fully saturated rings. The van der Waals surface area contributed by atoms with Crippen LogP contribution in [0.3, 0.4) is 0 Å². The number of ether oxygens (including phenoxy) is 1. The number of carbonyl (C=O) groups excluding carboxylic acids is 1. The van der Waals surface area contributed by atoms with E-state index >= 15 is 0 Å². The predicted octanol–water partition coefficient (Wildman–Crippen LogP) is 1.01. The molecular weight excluding hydrogens is 220 g/mol. The lowest BCUT2D eigenvalue weighted by molar-refractivity contribution is -0.140. The number of hydrogen-bond donors (Lipinski definition) is 1. The average molecular weight is 234 g/mol. The Hall–Kier alpha value is -2.11. The monoisotopic (exact) mass is 234 g/mol. The van der Waals surface area contributed by atoms with Gasteiger partial charge in [-0.3, -0.25) is 4.79 Å². The van der Waals surface area contributed by atoms with Crippen molar-refractivity contribution in [2.75, 3.05) is 18.5 Å². The van der Waals surface area contributed by atoms with Gasteiger partial charge in [0, 0.05) is 6.20 Å². The van der Waals surface area contributed by atoms with Crippen LogP contribution in [0.15, 0.2) is 18.3 Å². The zero-order valence-electron chi connectivity index (χ0n) is 9.80. The molecule has 0 aliphatic carbocycles. The zero-order valence-corrected chi connectivity index (χ0v) is 9.80. The summed E-state index contributed by atoms with van der Waals surface area (Å²) in [5.74, 6) is 0.103. The van der Waals surface area contributed by atoms with E-state index in [1.54, 1.807) is 11.4 Å². The second kappa shape index (κ2) is 4.82. The number of aromatic nitrogens is 3. The lowest BCUT2D eigenvalue weighted by atomic mass is 10.3. The van der Waals surface area contributed by atoms with Gasteiger partial charge in [0.2, 0.25) is 5.95 Å². The molecule has 0 aliphatic rings. The van der Waals surface area contributed by atoms with Gasteiger partial charge in [-0.25, -0.2) is 4.52 Å². The van der Waals surface area contributed by atoms with Crippen LogP contribution in [-0.2, 0) is 9.53 Å². The van der Waals surface area contributed by atoms with Gasteiger partial charge in [-0.2, -0.15) is 4.98 Å². The highest BCUT2D eigenvalue weighted by Gasteiger charge is 2.06. The summed E-state index contributed by atoms with van der Waals surface area (Å²) >= 11 is 0. The van der Waals surface area contributed by atoms with Crippen LogP contribution < -0.4 is 5.32 Å². The molecule has 2 heterocycles. The van der Waals surface area contributed by atoms with E-state index < -0.39 is 0 Å². The summed E-state index contributed by atoms with van der Waals surface area (Å²) in [7, 11) is 0. The number of aryl methyl sites for hydroxylation is 1. The van der Waals surface area contributed by atoms with Gasteiger partial charge < -0.3 is 10.1 Å². The van der Waals surface area contributed by atoms with E-state index in [9.17, 15) is 4.79 Å². The van der Waals surface area contributed by atoms with Crippen molar-refractivity contribution in [1.82, 2.24) is 14.6 Å². The Balaban J connectivity index is 2.07. The molecule has 0 saturated heterocycles. The first-order valence-electron chi connectivity index (χ1n) is 5.41. The van der Waals surface area contributed by atoms with Crippen LogP contribution in [0.1, 0.15) is 12.5 Å². The number of anilines is 1. The molecule has 0 aliphatic heterocycles. The van der Waals surface area contributed by atoms with Gasteiger partial charge in [0.15, 0.2) is 5.65 Å². The van der Waals surface area contributed by atoms with E-state index in [1.165, 1.54) is 0 Å². The van der Waals surface area contributed by atoms with Crippen molar-refractivity contribution >= 4 is 17.6 Å². The average Bonchev–Trinajstić information content (AvgIpc) is 2.68. The second-order valence-corrected chi connectivity index (χ2v) is 3.60. The number of pyridine rings is 1. The minimum atomic E-state index is -0.317. The topological polar surface area (TPSA) is 68.5 Å². The molecule has 17 heavy (non-hydrogen) atoms. The molecule has 0 amide bonds. The maximum Gasteiger partial charge on any atom is 0.325 e. The largest absolute Gasteiger partial charge is 0.465 e. The molecule has 1 N–H and O–H groups in total. The number of nitrogens with one attached hydrogen (secondary N) is 1. The number of esters is 1. The van der Waals surface area contributed by atoms with Gasteiger partial charge in [-0.15, -0.1) is 5.10 Å². The molecule has 0 unspecified atom stereocenters. The van der Waals surface area contributed by atoms with Crippen LogP contribution in [-0.4, -0.2) is 33.7 Å². The van der Waals surface area contributed by atoms with Crippen molar-refractivity contribution in [3.05, 3.63) is 23.9 Å². The summed E-state index contributed by atoms with van der Waals surface area (Å²) < 4.78 is 6.46. The third-order valence-electron chi connectivity index (χ3n) is 2.18. The minimum Gasteiger partial charge on any atom is -0.465 e. The summed E-state index contributed by atoms with van der Waals surface area (Å²) in [6.07, 6.45) is 1.87. The molecule has 2 aromatic heterocycles. The van der Waals surface area contributed by atoms with Crippen molar-refractivity contribution in [2.24, 2.45) is 0 Å². The maximum atomic E-state index is 11.1. The van der Waals surface area contributed by atoms with Crippen molar-refractivity contribution in [2.45, 2.75) is 13.8 Å². The molecule has 6 heteroatoms. The number of carbonyl (C=O) groups is 1. The van der Waals surface area contributed by atoms with Crippen LogP contribution in [0.5, 0.6) is 0 Å². The summed E-state index contributed by atoms with van der Waals surface area (Å²) in [6.45, 7) is 4.19. The van der Waals surface area contributed by atoms with Gasteiger partial charge in [-0.1, -0.05) is 6.07 Å². The quantitative estimate of drug-likeness (QED) is 0.800. The van der Waals surface area contributed by atoms with Crippen LogP contribution in [0, 0.1) is 6.92 Å². The molecule has 6 nitrogen and oxygen atoms in total. The molecule has 0 spiro atoms. The summed E-state index contributed by atoms with van der Waals surface area (Å²) in [4.78, 5) is 15.4. The minimum absolute atomic E-state index is 0.0731. The number of rotatable bonds is 4. The molecule has 0 aromatic carbocycles. The van der Waals surface area contributed by atoms with E-state index in [0.29, 0.717) is 12.6 Å². The molecule has 0 radical (unpaired) electrons. The van der Waals surface area contributed by atoms with Gasteiger partial charge in [0.05, 0.1) is 6.61 Å². The van der Waals surface area contributed by atoms with Crippen molar-refractivity contribution in [3.8, 4) is 0 Å². The maximum absolute atomic E-state index is 11.1. The normalized spacial score (nSPS) is 10.5. The third kappa shape index (κ3) is 2.72. The fourth-order valence-corrected chi connectivity index (χ4v) is 1.42. The molecule has 0 atom stereocenters. The van der Waals surface area contributed by atoms with Crippen LogP contribution in [0.25, 0.3) is 5.65 Å². The van der Waals surface area contributed by atoms with E-state index in [4.69, 9.17) is 4.74 Å². The lowest BCUT2D eigenvalue weighted by Crippen LogP contribution is -2.17. The lowest BCUT2D eigenvalue weighted by Gasteiger charge is -2.00. The molecule has 0 bridgehead atoms. The zero-order chi connectivity index (χ0) is 12.3. The van der Waals surface area contributed by atoms with Gasteiger partial charge in [0.25, 0.3) is 0 Å². The highest BCUT2D eigenvalue weighted by molar-refractivity contribution is 5.74. The molecule has 2 aromatic rings. The summed E-state index contributed by atoms with van der Waals surface area (Å²) in [6, 6.07) is 3.83.